The molecule has 2 aromatic rings. The van der Waals surface area contributed by atoms with Crippen molar-refractivity contribution in [2.75, 3.05) is 26.3 Å². The fraction of sp³-hybridized carbons (Fsp3) is 0.588. The lowest BCUT2D eigenvalue weighted by Crippen LogP contribution is -2.54. The number of aryl methyl sites for hydroxylation is 1. The van der Waals surface area contributed by atoms with Gasteiger partial charge in [-0.15, -0.1) is 0 Å². The number of morpholine rings is 1. The number of nitrogens with zero attached hydrogens (tertiary/aromatic N) is 3. The van der Waals surface area contributed by atoms with Crippen molar-refractivity contribution in [1.82, 2.24) is 14.5 Å². The maximum absolute atomic E-state index is 5.97. The van der Waals surface area contributed by atoms with E-state index >= 15 is 0 Å². The molecule has 0 aliphatic carbocycles. The summed E-state index contributed by atoms with van der Waals surface area (Å²) < 4.78 is 14.1. The van der Waals surface area contributed by atoms with E-state index in [1.54, 1.807) is 0 Å². The van der Waals surface area contributed by atoms with Crippen LogP contribution in [0.4, 0.5) is 0 Å². The van der Waals surface area contributed by atoms with Crippen LogP contribution in [0.5, 0.6) is 0 Å². The van der Waals surface area contributed by atoms with E-state index < -0.39 is 0 Å². The summed E-state index contributed by atoms with van der Waals surface area (Å²) in [5, 5.41) is 0. The SMILES string of the molecule is Cn1c(CN2CCOC3(CCCCO3)C2)nc2ccccc21. The van der Waals surface area contributed by atoms with E-state index in [1.165, 1.54) is 11.9 Å². The zero-order valence-corrected chi connectivity index (χ0v) is 13.1. The van der Waals surface area contributed by atoms with Gasteiger partial charge in [0.2, 0.25) is 0 Å². The lowest BCUT2D eigenvalue weighted by molar-refractivity contribution is -0.283. The summed E-state index contributed by atoms with van der Waals surface area (Å²) in [5.41, 5.74) is 2.26. The van der Waals surface area contributed by atoms with Gasteiger partial charge in [0, 0.05) is 20.0 Å². The van der Waals surface area contributed by atoms with Crippen LogP contribution >= 0.6 is 0 Å². The van der Waals surface area contributed by atoms with E-state index in [9.17, 15) is 0 Å². The second kappa shape index (κ2) is 5.65. The van der Waals surface area contributed by atoms with Gasteiger partial charge in [0.15, 0.2) is 5.79 Å². The third-order valence-corrected chi connectivity index (χ3v) is 4.80. The molecular formula is C17H23N3O2. The summed E-state index contributed by atoms with van der Waals surface area (Å²) in [6.07, 6.45) is 3.35. The molecule has 1 aromatic heterocycles. The molecule has 2 aliphatic rings. The monoisotopic (exact) mass is 301 g/mol. The minimum absolute atomic E-state index is 0.374. The minimum atomic E-state index is -0.374. The number of ether oxygens (including phenoxy) is 2. The summed E-state index contributed by atoms with van der Waals surface area (Å²) >= 11 is 0. The average molecular weight is 301 g/mol. The van der Waals surface area contributed by atoms with Crippen LogP contribution in [0.1, 0.15) is 25.1 Å². The first kappa shape index (κ1) is 14.2. The Morgan fingerprint density at radius 1 is 1.18 bits per heavy atom. The molecule has 3 heterocycles. The summed E-state index contributed by atoms with van der Waals surface area (Å²) in [6.45, 7) is 4.19. The molecule has 0 amide bonds. The number of imidazole rings is 1. The lowest BCUT2D eigenvalue weighted by atomic mass is 10.0. The summed E-state index contributed by atoms with van der Waals surface area (Å²) in [6, 6.07) is 8.30. The van der Waals surface area contributed by atoms with E-state index in [1.807, 2.05) is 6.07 Å². The Bertz CT molecular complexity index is 655. The van der Waals surface area contributed by atoms with Crippen LogP contribution in [0, 0.1) is 0 Å². The number of para-hydroxylation sites is 2. The molecule has 5 heteroatoms. The first-order chi connectivity index (χ1) is 10.8. The van der Waals surface area contributed by atoms with Gasteiger partial charge in [-0.2, -0.15) is 0 Å². The molecule has 0 bridgehead atoms. The highest BCUT2D eigenvalue weighted by molar-refractivity contribution is 5.75. The molecule has 4 rings (SSSR count). The molecule has 0 saturated carbocycles. The summed E-state index contributed by atoms with van der Waals surface area (Å²) in [5.74, 6) is 0.732. The van der Waals surface area contributed by atoms with Gasteiger partial charge in [0.05, 0.1) is 37.3 Å². The van der Waals surface area contributed by atoms with Crippen LogP contribution in [-0.4, -0.2) is 46.5 Å². The van der Waals surface area contributed by atoms with Gasteiger partial charge in [-0.05, 0) is 25.0 Å². The highest BCUT2D eigenvalue weighted by Crippen LogP contribution is 2.30. The Balaban J connectivity index is 1.53. The Kier molecular flexibility index (Phi) is 3.64. The number of fused-ring (bicyclic) bond motifs is 1. The maximum Gasteiger partial charge on any atom is 0.181 e. The first-order valence-electron chi connectivity index (χ1n) is 8.16. The molecule has 0 radical (unpaired) electrons. The smallest absolute Gasteiger partial charge is 0.181 e. The van der Waals surface area contributed by atoms with Crippen LogP contribution in [0.15, 0.2) is 24.3 Å². The van der Waals surface area contributed by atoms with Gasteiger partial charge in [-0.1, -0.05) is 12.1 Å². The van der Waals surface area contributed by atoms with Crippen molar-refractivity contribution >= 4 is 11.0 Å². The molecule has 0 N–H and O–H groups in total. The minimum Gasteiger partial charge on any atom is -0.349 e. The van der Waals surface area contributed by atoms with Crippen LogP contribution in [-0.2, 0) is 23.1 Å². The molecule has 22 heavy (non-hydrogen) atoms. The molecular weight excluding hydrogens is 278 g/mol. The molecule has 5 nitrogen and oxygen atoms in total. The Morgan fingerprint density at radius 3 is 2.86 bits per heavy atom. The average Bonchev–Trinajstić information content (AvgIpc) is 2.85. The van der Waals surface area contributed by atoms with Crippen LogP contribution in [0.25, 0.3) is 11.0 Å². The molecule has 2 saturated heterocycles. The number of aromatic nitrogens is 2. The zero-order valence-electron chi connectivity index (χ0n) is 13.1. The van der Waals surface area contributed by atoms with Gasteiger partial charge >= 0.3 is 0 Å². The van der Waals surface area contributed by atoms with E-state index in [-0.39, 0.29) is 5.79 Å². The van der Waals surface area contributed by atoms with Crippen LogP contribution in [0.2, 0.25) is 0 Å². The Hall–Kier alpha value is -1.43. The van der Waals surface area contributed by atoms with Crippen molar-refractivity contribution in [3.05, 3.63) is 30.1 Å². The van der Waals surface area contributed by atoms with E-state index in [4.69, 9.17) is 14.5 Å². The Labute approximate surface area is 130 Å². The standard InChI is InChI=1S/C17H23N3O2/c1-19-15-7-3-2-6-14(15)18-16(19)12-20-9-11-22-17(13-20)8-4-5-10-21-17/h2-3,6-7H,4-5,8-13H2,1H3. The van der Waals surface area contributed by atoms with E-state index in [0.29, 0.717) is 0 Å². The summed E-state index contributed by atoms with van der Waals surface area (Å²) in [4.78, 5) is 7.19. The molecule has 118 valence electrons. The van der Waals surface area contributed by atoms with Gasteiger partial charge in [0.1, 0.15) is 5.82 Å². The highest BCUT2D eigenvalue weighted by Gasteiger charge is 2.39. The molecule has 1 atom stereocenters. The van der Waals surface area contributed by atoms with Crippen molar-refractivity contribution in [1.29, 1.82) is 0 Å². The van der Waals surface area contributed by atoms with Crippen molar-refractivity contribution in [2.45, 2.75) is 31.6 Å². The number of hydrogen-bond donors (Lipinski definition) is 0. The number of hydrogen-bond acceptors (Lipinski definition) is 4. The third kappa shape index (κ3) is 2.53. The van der Waals surface area contributed by atoms with Crippen LogP contribution < -0.4 is 0 Å². The highest BCUT2D eigenvalue weighted by atomic mass is 16.7. The topological polar surface area (TPSA) is 39.5 Å². The van der Waals surface area contributed by atoms with Crippen LogP contribution in [0.3, 0.4) is 0 Å². The van der Waals surface area contributed by atoms with Crippen molar-refractivity contribution in [2.24, 2.45) is 7.05 Å². The van der Waals surface area contributed by atoms with Gasteiger partial charge in [-0.25, -0.2) is 4.98 Å². The first-order valence-corrected chi connectivity index (χ1v) is 8.16. The predicted molar refractivity (Wildman–Crippen MR) is 84.5 cm³/mol. The van der Waals surface area contributed by atoms with Gasteiger partial charge in [-0.3, -0.25) is 4.90 Å². The fourth-order valence-corrected chi connectivity index (χ4v) is 3.56. The third-order valence-electron chi connectivity index (χ3n) is 4.80. The summed E-state index contributed by atoms with van der Waals surface area (Å²) in [7, 11) is 2.10. The molecule has 1 unspecified atom stereocenters. The number of benzene rings is 1. The molecule has 1 spiro atoms. The van der Waals surface area contributed by atoms with Gasteiger partial charge < -0.3 is 14.0 Å². The largest absolute Gasteiger partial charge is 0.349 e. The maximum atomic E-state index is 5.97. The molecule has 1 aromatic carbocycles. The number of rotatable bonds is 2. The quantitative estimate of drug-likeness (QED) is 0.853. The second-order valence-electron chi connectivity index (χ2n) is 6.35. The van der Waals surface area contributed by atoms with Gasteiger partial charge in [0.25, 0.3) is 0 Å². The Morgan fingerprint density at radius 2 is 2.05 bits per heavy atom. The fourth-order valence-electron chi connectivity index (χ4n) is 3.56. The van der Waals surface area contributed by atoms with E-state index in [2.05, 4.69) is 34.7 Å². The van der Waals surface area contributed by atoms with Crippen molar-refractivity contribution in [3.63, 3.8) is 0 Å². The lowest BCUT2D eigenvalue weighted by Gasteiger charge is -2.44. The van der Waals surface area contributed by atoms with Crippen molar-refractivity contribution in [3.8, 4) is 0 Å². The molecule has 2 fully saturated rings. The predicted octanol–water partition coefficient (Wildman–Crippen LogP) is 2.30. The second-order valence-corrected chi connectivity index (χ2v) is 6.35. The zero-order chi connectivity index (χ0) is 15.0. The molecule has 2 aliphatic heterocycles. The van der Waals surface area contributed by atoms with E-state index in [0.717, 1.165) is 57.0 Å². The van der Waals surface area contributed by atoms with Crippen molar-refractivity contribution < 1.29 is 9.47 Å². The normalized spacial score (nSPS) is 26.8.